The quantitative estimate of drug-likeness (QED) is 0.792. The Kier molecular flexibility index (Phi) is 4.41. The third-order valence-electron chi connectivity index (χ3n) is 3.54. The van der Waals surface area contributed by atoms with Gasteiger partial charge in [-0.3, -0.25) is 9.78 Å². The number of carbonyl (C=O) groups is 1. The summed E-state index contributed by atoms with van der Waals surface area (Å²) in [6.45, 7) is 5.70. The van der Waals surface area contributed by atoms with Gasteiger partial charge in [0, 0.05) is 25.5 Å². The van der Waals surface area contributed by atoms with Crippen molar-refractivity contribution < 1.29 is 9.90 Å². The third kappa shape index (κ3) is 3.37. The van der Waals surface area contributed by atoms with Gasteiger partial charge in [0.05, 0.1) is 11.1 Å². The molecule has 0 radical (unpaired) electrons. The smallest absolute Gasteiger partial charge is 0.255 e. The van der Waals surface area contributed by atoms with Gasteiger partial charge in [-0.25, -0.2) is 0 Å². The molecule has 1 amide bonds. The van der Waals surface area contributed by atoms with Gasteiger partial charge in [-0.2, -0.15) is 0 Å². The molecule has 1 aliphatic rings. The lowest BCUT2D eigenvalue weighted by Gasteiger charge is -2.38. The lowest BCUT2D eigenvalue weighted by Crippen LogP contribution is -2.43. The summed E-state index contributed by atoms with van der Waals surface area (Å²) < 4.78 is 0. The van der Waals surface area contributed by atoms with Crippen molar-refractivity contribution >= 4 is 5.91 Å². The number of nitrogens with zero attached hydrogens (tertiary/aromatic N) is 2. The standard InChI is InChI=1S/C16H20N2O2/c1-16(2)7-4-9-18(12-16)15(20)14-6-8-17-11-13(14)5-3-10-19/h6,8,11,19H,4,7,9-10,12H2,1-2H3. The Morgan fingerprint density at radius 3 is 3.05 bits per heavy atom. The van der Waals surface area contributed by atoms with Crippen molar-refractivity contribution in [1.82, 2.24) is 9.88 Å². The molecule has 1 N–H and O–H groups in total. The van der Waals surface area contributed by atoms with Crippen LogP contribution in [0, 0.1) is 17.3 Å². The van der Waals surface area contributed by atoms with E-state index in [1.54, 1.807) is 18.5 Å². The minimum atomic E-state index is -0.223. The number of likely N-dealkylation sites (tertiary alicyclic amines) is 1. The number of hydrogen-bond donors (Lipinski definition) is 1. The van der Waals surface area contributed by atoms with E-state index in [1.807, 2.05) is 4.90 Å². The summed E-state index contributed by atoms with van der Waals surface area (Å²) in [5.74, 6) is 5.37. The lowest BCUT2D eigenvalue weighted by atomic mass is 9.84. The van der Waals surface area contributed by atoms with Gasteiger partial charge in [0.25, 0.3) is 5.91 Å². The fraction of sp³-hybridized carbons (Fsp3) is 0.500. The Labute approximate surface area is 119 Å². The van der Waals surface area contributed by atoms with E-state index >= 15 is 0 Å². The second kappa shape index (κ2) is 6.06. The number of aromatic nitrogens is 1. The van der Waals surface area contributed by atoms with Crippen LogP contribution in [0.5, 0.6) is 0 Å². The van der Waals surface area contributed by atoms with Crippen LogP contribution >= 0.6 is 0 Å². The average molecular weight is 272 g/mol. The minimum absolute atomic E-state index is 0.00224. The Morgan fingerprint density at radius 2 is 2.35 bits per heavy atom. The van der Waals surface area contributed by atoms with Gasteiger partial charge < -0.3 is 10.0 Å². The number of carbonyl (C=O) groups excluding carboxylic acids is 1. The predicted molar refractivity (Wildman–Crippen MR) is 77.1 cm³/mol. The summed E-state index contributed by atoms with van der Waals surface area (Å²) in [5.41, 5.74) is 1.31. The fourth-order valence-corrected chi connectivity index (χ4v) is 2.58. The molecule has 106 valence electrons. The summed E-state index contributed by atoms with van der Waals surface area (Å²) in [6.07, 6.45) is 5.35. The van der Waals surface area contributed by atoms with Crippen LogP contribution in [0.15, 0.2) is 18.5 Å². The van der Waals surface area contributed by atoms with Crippen molar-refractivity contribution in [3.05, 3.63) is 29.6 Å². The molecule has 1 saturated heterocycles. The van der Waals surface area contributed by atoms with E-state index in [-0.39, 0.29) is 17.9 Å². The molecule has 2 rings (SSSR count). The minimum Gasteiger partial charge on any atom is -0.384 e. The van der Waals surface area contributed by atoms with E-state index in [1.165, 1.54) is 0 Å². The van der Waals surface area contributed by atoms with Crippen LogP contribution in [-0.4, -0.2) is 40.6 Å². The molecule has 0 atom stereocenters. The van der Waals surface area contributed by atoms with Gasteiger partial charge in [0.15, 0.2) is 0 Å². The van der Waals surface area contributed by atoms with Gasteiger partial charge in [-0.1, -0.05) is 25.7 Å². The van der Waals surface area contributed by atoms with Gasteiger partial charge in [0.2, 0.25) is 0 Å². The van der Waals surface area contributed by atoms with Crippen LogP contribution in [0.3, 0.4) is 0 Å². The van der Waals surface area contributed by atoms with Gasteiger partial charge in [-0.15, -0.1) is 0 Å². The first-order valence-corrected chi connectivity index (χ1v) is 6.86. The molecule has 0 unspecified atom stereocenters. The maximum atomic E-state index is 12.6. The van der Waals surface area contributed by atoms with Crippen LogP contribution in [-0.2, 0) is 0 Å². The van der Waals surface area contributed by atoms with Crippen molar-refractivity contribution in [2.24, 2.45) is 5.41 Å². The number of pyridine rings is 1. The monoisotopic (exact) mass is 272 g/mol. The average Bonchev–Trinajstić information content (AvgIpc) is 2.43. The normalized spacial score (nSPS) is 17.2. The molecule has 1 aliphatic heterocycles. The molecule has 4 heteroatoms. The number of piperidine rings is 1. The second-order valence-electron chi connectivity index (χ2n) is 5.88. The van der Waals surface area contributed by atoms with Gasteiger partial charge in [-0.05, 0) is 24.3 Å². The lowest BCUT2D eigenvalue weighted by molar-refractivity contribution is 0.0583. The highest BCUT2D eigenvalue weighted by Gasteiger charge is 2.30. The number of amides is 1. The molecule has 1 aromatic rings. The first-order valence-electron chi connectivity index (χ1n) is 6.86. The van der Waals surface area contributed by atoms with Crippen LogP contribution in [0.25, 0.3) is 0 Å². The summed E-state index contributed by atoms with van der Waals surface area (Å²) in [4.78, 5) is 18.5. The molecule has 0 aromatic carbocycles. The zero-order valence-electron chi connectivity index (χ0n) is 12.0. The van der Waals surface area contributed by atoms with Crippen LogP contribution in [0.2, 0.25) is 0 Å². The molecule has 0 spiro atoms. The van der Waals surface area contributed by atoms with Gasteiger partial charge in [0.1, 0.15) is 6.61 Å². The van der Waals surface area contributed by atoms with E-state index in [4.69, 9.17) is 5.11 Å². The molecule has 1 aromatic heterocycles. The van der Waals surface area contributed by atoms with Crippen LogP contribution < -0.4 is 0 Å². The van der Waals surface area contributed by atoms with E-state index in [0.29, 0.717) is 11.1 Å². The van der Waals surface area contributed by atoms with E-state index in [0.717, 1.165) is 25.9 Å². The molecule has 0 bridgehead atoms. The fourth-order valence-electron chi connectivity index (χ4n) is 2.58. The van der Waals surface area contributed by atoms with E-state index in [9.17, 15) is 4.79 Å². The molecule has 4 nitrogen and oxygen atoms in total. The van der Waals surface area contributed by atoms with Crippen molar-refractivity contribution in [1.29, 1.82) is 0 Å². The number of aliphatic hydroxyl groups is 1. The zero-order chi connectivity index (χ0) is 14.6. The summed E-state index contributed by atoms with van der Waals surface area (Å²) in [7, 11) is 0. The molecular formula is C16H20N2O2. The molecule has 2 heterocycles. The maximum Gasteiger partial charge on any atom is 0.255 e. The Morgan fingerprint density at radius 1 is 1.55 bits per heavy atom. The molecular weight excluding hydrogens is 252 g/mol. The molecule has 0 saturated carbocycles. The highest BCUT2D eigenvalue weighted by Crippen LogP contribution is 2.29. The summed E-state index contributed by atoms with van der Waals surface area (Å²) >= 11 is 0. The molecule has 0 aliphatic carbocycles. The summed E-state index contributed by atoms with van der Waals surface area (Å²) in [6, 6.07) is 1.70. The predicted octanol–water partition coefficient (Wildman–Crippen LogP) is 1.69. The van der Waals surface area contributed by atoms with E-state index in [2.05, 4.69) is 30.7 Å². The van der Waals surface area contributed by atoms with Crippen molar-refractivity contribution in [2.75, 3.05) is 19.7 Å². The van der Waals surface area contributed by atoms with Gasteiger partial charge >= 0.3 is 0 Å². The largest absolute Gasteiger partial charge is 0.384 e. The zero-order valence-corrected chi connectivity index (χ0v) is 12.0. The number of rotatable bonds is 1. The third-order valence-corrected chi connectivity index (χ3v) is 3.54. The number of aliphatic hydroxyl groups excluding tert-OH is 1. The number of hydrogen-bond acceptors (Lipinski definition) is 3. The van der Waals surface area contributed by atoms with Crippen molar-refractivity contribution in [2.45, 2.75) is 26.7 Å². The maximum absolute atomic E-state index is 12.6. The van der Waals surface area contributed by atoms with Crippen molar-refractivity contribution in [3.8, 4) is 11.8 Å². The first-order chi connectivity index (χ1) is 9.53. The SMILES string of the molecule is CC1(C)CCCN(C(=O)c2ccncc2C#CCO)C1. The Hall–Kier alpha value is -1.86. The van der Waals surface area contributed by atoms with Crippen molar-refractivity contribution in [3.63, 3.8) is 0 Å². The highest BCUT2D eigenvalue weighted by molar-refractivity contribution is 5.96. The van der Waals surface area contributed by atoms with Crippen LogP contribution in [0.1, 0.15) is 42.6 Å². The topological polar surface area (TPSA) is 53.4 Å². The Bertz CT molecular complexity index is 555. The van der Waals surface area contributed by atoms with Crippen LogP contribution in [0.4, 0.5) is 0 Å². The Balaban J connectivity index is 2.25. The summed E-state index contributed by atoms with van der Waals surface area (Å²) in [5, 5.41) is 8.79. The second-order valence-corrected chi connectivity index (χ2v) is 5.88. The first kappa shape index (κ1) is 14.5. The molecule has 20 heavy (non-hydrogen) atoms. The van der Waals surface area contributed by atoms with E-state index < -0.39 is 0 Å². The molecule has 1 fully saturated rings. The highest BCUT2D eigenvalue weighted by atomic mass is 16.2.